The Morgan fingerprint density at radius 1 is 1.44 bits per heavy atom. The van der Waals surface area contributed by atoms with Crippen LogP contribution in [0.3, 0.4) is 0 Å². The lowest BCUT2D eigenvalue weighted by Crippen LogP contribution is -2.33. The van der Waals surface area contributed by atoms with E-state index in [-0.39, 0.29) is 5.82 Å². The van der Waals surface area contributed by atoms with E-state index in [1.807, 2.05) is 4.72 Å². The molecule has 0 aromatic heterocycles. The van der Waals surface area contributed by atoms with E-state index in [4.69, 9.17) is 0 Å². The van der Waals surface area contributed by atoms with Crippen molar-refractivity contribution in [2.45, 2.75) is 19.8 Å². The van der Waals surface area contributed by atoms with Crippen molar-refractivity contribution in [1.29, 1.82) is 0 Å². The summed E-state index contributed by atoms with van der Waals surface area (Å²) < 4.78 is 36.6. The number of amides is 1. The third-order valence-electron chi connectivity index (χ3n) is 2.49. The number of nitrogens with one attached hydrogen (secondary N) is 1. The second-order valence-electron chi connectivity index (χ2n) is 4.31. The topological polar surface area (TPSA) is 63.2 Å². The molecule has 0 saturated carbocycles. The van der Waals surface area contributed by atoms with Gasteiger partial charge in [-0.1, -0.05) is 19.1 Å². The van der Waals surface area contributed by atoms with Crippen LogP contribution in [0.4, 0.5) is 4.39 Å². The molecule has 4 nitrogen and oxygen atoms in total. The lowest BCUT2D eigenvalue weighted by atomic mass is 10.0. The molecule has 18 heavy (non-hydrogen) atoms. The molecule has 100 valence electrons. The van der Waals surface area contributed by atoms with Crippen LogP contribution < -0.4 is 4.72 Å². The van der Waals surface area contributed by atoms with Crippen LogP contribution >= 0.6 is 0 Å². The van der Waals surface area contributed by atoms with Crippen LogP contribution in [0.5, 0.6) is 0 Å². The average Bonchev–Trinajstić information content (AvgIpc) is 2.23. The maximum Gasteiger partial charge on any atom is 0.236 e. The zero-order chi connectivity index (χ0) is 13.8. The summed E-state index contributed by atoms with van der Waals surface area (Å²) in [5, 5.41) is 0. The molecule has 1 N–H and O–H groups in total. The number of carbonyl (C=O) groups is 1. The molecule has 0 aliphatic carbocycles. The predicted octanol–water partition coefficient (Wildman–Crippen LogP) is 1.47. The monoisotopic (exact) mass is 273 g/mol. The van der Waals surface area contributed by atoms with Crippen LogP contribution in [0.25, 0.3) is 0 Å². The van der Waals surface area contributed by atoms with Gasteiger partial charge in [-0.05, 0) is 30.5 Å². The Hall–Kier alpha value is -1.43. The molecule has 0 unspecified atom stereocenters. The van der Waals surface area contributed by atoms with Crippen molar-refractivity contribution in [3.05, 3.63) is 35.6 Å². The quantitative estimate of drug-likeness (QED) is 0.883. The Morgan fingerprint density at radius 3 is 2.67 bits per heavy atom. The number of carbonyl (C=O) groups excluding carboxylic acids is 1. The van der Waals surface area contributed by atoms with Crippen LogP contribution in [0.1, 0.15) is 18.9 Å². The lowest BCUT2D eigenvalue weighted by molar-refractivity contribution is -0.122. The van der Waals surface area contributed by atoms with E-state index in [0.29, 0.717) is 12.8 Å². The fourth-order valence-corrected chi connectivity index (χ4v) is 2.06. The van der Waals surface area contributed by atoms with Crippen LogP contribution in [0.15, 0.2) is 24.3 Å². The van der Waals surface area contributed by atoms with E-state index in [1.54, 1.807) is 19.1 Å². The lowest BCUT2D eigenvalue weighted by Gasteiger charge is -2.10. The summed E-state index contributed by atoms with van der Waals surface area (Å²) in [5.74, 6) is -1.29. The van der Waals surface area contributed by atoms with Gasteiger partial charge < -0.3 is 0 Å². The third-order valence-corrected chi connectivity index (χ3v) is 3.06. The van der Waals surface area contributed by atoms with Crippen molar-refractivity contribution >= 4 is 15.9 Å². The van der Waals surface area contributed by atoms with E-state index in [1.165, 1.54) is 12.1 Å². The second-order valence-corrected chi connectivity index (χ2v) is 6.06. The molecule has 0 heterocycles. The zero-order valence-corrected chi connectivity index (χ0v) is 11.1. The van der Waals surface area contributed by atoms with E-state index >= 15 is 0 Å². The summed E-state index contributed by atoms with van der Waals surface area (Å²) in [4.78, 5) is 11.5. The van der Waals surface area contributed by atoms with Gasteiger partial charge in [-0.15, -0.1) is 0 Å². The van der Waals surface area contributed by atoms with Gasteiger partial charge in [-0.25, -0.2) is 12.8 Å². The fraction of sp³-hybridized carbons (Fsp3) is 0.417. The summed E-state index contributed by atoms with van der Waals surface area (Å²) >= 11 is 0. The number of benzene rings is 1. The fourth-order valence-electron chi connectivity index (χ4n) is 1.49. The van der Waals surface area contributed by atoms with Crippen molar-refractivity contribution < 1.29 is 17.6 Å². The highest BCUT2D eigenvalue weighted by Crippen LogP contribution is 2.11. The molecule has 0 saturated heterocycles. The van der Waals surface area contributed by atoms with E-state index in [0.717, 1.165) is 11.8 Å². The van der Waals surface area contributed by atoms with Crippen LogP contribution in [0, 0.1) is 11.7 Å². The summed E-state index contributed by atoms with van der Waals surface area (Å²) in [6.45, 7) is 1.64. The first-order chi connectivity index (χ1) is 8.28. The van der Waals surface area contributed by atoms with Crippen molar-refractivity contribution in [1.82, 2.24) is 4.72 Å². The average molecular weight is 273 g/mol. The number of sulfonamides is 1. The van der Waals surface area contributed by atoms with Crippen molar-refractivity contribution in [2.24, 2.45) is 5.92 Å². The summed E-state index contributed by atoms with van der Waals surface area (Å²) in [6, 6.07) is 6.13. The molecule has 0 fully saturated rings. The predicted molar refractivity (Wildman–Crippen MR) is 66.9 cm³/mol. The Kier molecular flexibility index (Phi) is 4.84. The number of hydrogen-bond donors (Lipinski definition) is 1. The van der Waals surface area contributed by atoms with Gasteiger partial charge in [0.2, 0.25) is 15.9 Å². The van der Waals surface area contributed by atoms with Gasteiger partial charge in [-0.2, -0.15) is 0 Å². The standard InChI is InChI=1S/C12H16FNO3S/c1-9(12(15)14-18(2,16)17)6-7-10-4-3-5-11(13)8-10/h3-5,8-9H,6-7H2,1-2H3,(H,14,15)/t9-/m1/s1. The Balaban J connectivity index is 2.51. The molecule has 1 rings (SSSR count). The minimum Gasteiger partial charge on any atom is -0.274 e. The highest BCUT2D eigenvalue weighted by molar-refractivity contribution is 7.89. The number of rotatable bonds is 5. The Labute approximate surface area is 106 Å². The van der Waals surface area contributed by atoms with Gasteiger partial charge >= 0.3 is 0 Å². The molecule has 0 spiro atoms. The zero-order valence-electron chi connectivity index (χ0n) is 10.3. The Bertz CT molecular complexity index is 528. The number of halogens is 1. The van der Waals surface area contributed by atoms with E-state index < -0.39 is 21.8 Å². The Morgan fingerprint density at radius 2 is 2.11 bits per heavy atom. The maximum absolute atomic E-state index is 12.9. The van der Waals surface area contributed by atoms with Gasteiger partial charge in [0.15, 0.2) is 0 Å². The first-order valence-electron chi connectivity index (χ1n) is 5.54. The molecule has 0 bridgehead atoms. The van der Waals surface area contributed by atoms with Gasteiger partial charge in [0, 0.05) is 5.92 Å². The van der Waals surface area contributed by atoms with Crippen molar-refractivity contribution in [3.63, 3.8) is 0 Å². The van der Waals surface area contributed by atoms with E-state index in [9.17, 15) is 17.6 Å². The number of hydrogen-bond acceptors (Lipinski definition) is 3. The molecule has 0 aliphatic heterocycles. The van der Waals surface area contributed by atoms with Gasteiger partial charge in [-0.3, -0.25) is 9.52 Å². The molecule has 1 atom stereocenters. The molecular weight excluding hydrogens is 257 g/mol. The van der Waals surface area contributed by atoms with Gasteiger partial charge in [0.25, 0.3) is 0 Å². The highest BCUT2D eigenvalue weighted by atomic mass is 32.2. The molecule has 1 amide bonds. The molecular formula is C12H16FNO3S. The smallest absolute Gasteiger partial charge is 0.236 e. The minimum atomic E-state index is -3.52. The minimum absolute atomic E-state index is 0.319. The molecule has 0 aliphatic rings. The van der Waals surface area contributed by atoms with Crippen LogP contribution in [-0.4, -0.2) is 20.6 Å². The van der Waals surface area contributed by atoms with Gasteiger partial charge in [0.1, 0.15) is 5.82 Å². The summed E-state index contributed by atoms with van der Waals surface area (Å²) in [7, 11) is -3.52. The highest BCUT2D eigenvalue weighted by Gasteiger charge is 2.16. The SMILES string of the molecule is C[C@H](CCc1cccc(F)c1)C(=O)NS(C)(=O)=O. The van der Waals surface area contributed by atoms with Crippen LogP contribution in [-0.2, 0) is 21.2 Å². The summed E-state index contributed by atoms with van der Waals surface area (Å²) in [5.41, 5.74) is 0.786. The van der Waals surface area contributed by atoms with Gasteiger partial charge in [0.05, 0.1) is 6.26 Å². The molecule has 0 radical (unpaired) electrons. The molecule has 6 heteroatoms. The maximum atomic E-state index is 12.9. The first-order valence-corrected chi connectivity index (χ1v) is 7.43. The summed E-state index contributed by atoms with van der Waals surface area (Å²) in [6.07, 6.45) is 1.92. The number of aryl methyl sites for hydroxylation is 1. The first kappa shape index (κ1) is 14.6. The third kappa shape index (κ3) is 5.27. The molecule has 1 aromatic carbocycles. The molecule has 1 aromatic rings. The normalized spacial score (nSPS) is 13.1. The largest absolute Gasteiger partial charge is 0.274 e. The second kappa shape index (κ2) is 5.95. The van der Waals surface area contributed by atoms with Crippen molar-refractivity contribution in [2.75, 3.05) is 6.26 Å². The van der Waals surface area contributed by atoms with Crippen LogP contribution in [0.2, 0.25) is 0 Å². The van der Waals surface area contributed by atoms with Crippen molar-refractivity contribution in [3.8, 4) is 0 Å². The van der Waals surface area contributed by atoms with E-state index in [2.05, 4.69) is 0 Å².